The molecule has 0 radical (unpaired) electrons. The predicted octanol–water partition coefficient (Wildman–Crippen LogP) is 3.98. The Balaban J connectivity index is 1.49. The highest BCUT2D eigenvalue weighted by Crippen LogP contribution is 2.40. The third-order valence-electron chi connectivity index (χ3n) is 7.20. The van der Waals surface area contributed by atoms with Crippen molar-refractivity contribution < 1.29 is 31.9 Å². The second-order valence-electron chi connectivity index (χ2n) is 11.1. The summed E-state index contributed by atoms with van der Waals surface area (Å²) in [6, 6.07) is 18.2. The van der Waals surface area contributed by atoms with Crippen molar-refractivity contribution in [3.05, 3.63) is 94.8 Å². The van der Waals surface area contributed by atoms with Gasteiger partial charge in [0.1, 0.15) is 17.6 Å². The number of amides is 1. The molecule has 1 unspecified atom stereocenters. The van der Waals surface area contributed by atoms with Gasteiger partial charge in [-0.1, -0.05) is 67.9 Å². The minimum absolute atomic E-state index is 0.000896. The van der Waals surface area contributed by atoms with E-state index in [-0.39, 0.29) is 41.3 Å². The normalized spacial score (nSPS) is 16.2. The summed E-state index contributed by atoms with van der Waals surface area (Å²) in [5.74, 6) is -1.65. The Morgan fingerprint density at radius 3 is 2.33 bits per heavy atom. The Morgan fingerprint density at radius 1 is 1.05 bits per heavy atom. The summed E-state index contributed by atoms with van der Waals surface area (Å²) in [4.78, 5) is 26.5. The second-order valence-corrected chi connectivity index (χ2v) is 13.4. The number of rotatable bonds is 11. The molecule has 4 rings (SSSR count). The van der Waals surface area contributed by atoms with Crippen LogP contribution in [0.1, 0.15) is 25.0 Å². The molecule has 2 atom stereocenters. The second kappa shape index (κ2) is 13.0. The molecule has 9 nitrogen and oxygen atoms in total. The van der Waals surface area contributed by atoms with E-state index in [1.807, 2.05) is 30.3 Å². The van der Waals surface area contributed by atoms with Crippen LogP contribution in [0.25, 0.3) is 0 Å². The number of sulfonamides is 1. The first kappa shape index (κ1) is 32.4. The molecule has 3 aromatic rings. The van der Waals surface area contributed by atoms with Crippen molar-refractivity contribution in [2.75, 3.05) is 27.2 Å². The summed E-state index contributed by atoms with van der Waals surface area (Å²) in [5, 5.41) is -0.104. The monoisotopic (exact) mass is 631 g/mol. The van der Waals surface area contributed by atoms with Crippen molar-refractivity contribution >= 4 is 33.5 Å². The molecule has 230 valence electrons. The van der Waals surface area contributed by atoms with Gasteiger partial charge in [0.25, 0.3) is 5.91 Å². The van der Waals surface area contributed by atoms with Crippen LogP contribution in [0.4, 0.5) is 4.39 Å². The summed E-state index contributed by atoms with van der Waals surface area (Å²) in [6.07, 6.45) is -0.976. The number of hydrogen-bond acceptors (Lipinski definition) is 7. The summed E-state index contributed by atoms with van der Waals surface area (Å²) < 4.78 is 54.0. The van der Waals surface area contributed by atoms with Crippen LogP contribution >= 0.6 is 11.6 Å². The van der Waals surface area contributed by atoms with Crippen LogP contribution in [0.5, 0.6) is 5.75 Å². The molecule has 1 amide bonds. The fourth-order valence-corrected chi connectivity index (χ4v) is 6.54. The van der Waals surface area contributed by atoms with E-state index in [4.69, 9.17) is 26.8 Å². The lowest BCUT2D eigenvalue weighted by Gasteiger charge is -2.48. The average Bonchev–Trinajstić information content (AvgIpc) is 2.95. The summed E-state index contributed by atoms with van der Waals surface area (Å²) in [5.41, 5.74) is 6.37. The molecule has 0 aliphatic carbocycles. The van der Waals surface area contributed by atoms with E-state index < -0.39 is 39.6 Å². The SMILES string of the molecule is CC(C)C(OC(=O)[C@@H](N)Cc1cccc(S(=O)(=O)N2CC(Oc3ccc(F)c(Cl)c3)(c3ccccc3)C2)c1)C(=O)N(C)C. The molecule has 0 spiro atoms. The number of hydrogen-bond donors (Lipinski definition) is 1. The molecular weight excluding hydrogens is 597 g/mol. The van der Waals surface area contributed by atoms with E-state index >= 15 is 0 Å². The van der Waals surface area contributed by atoms with Crippen LogP contribution in [0, 0.1) is 11.7 Å². The van der Waals surface area contributed by atoms with Crippen molar-refractivity contribution in [3.8, 4) is 5.75 Å². The van der Waals surface area contributed by atoms with E-state index in [1.165, 1.54) is 39.5 Å². The van der Waals surface area contributed by atoms with Gasteiger partial charge in [0.15, 0.2) is 11.7 Å². The largest absolute Gasteiger partial charge is 0.480 e. The summed E-state index contributed by atoms with van der Waals surface area (Å²) in [6.45, 7) is 3.53. The van der Waals surface area contributed by atoms with Gasteiger partial charge < -0.3 is 20.1 Å². The molecule has 43 heavy (non-hydrogen) atoms. The standard InChI is InChI=1S/C31H35ClFN3O6S/c1-20(2)28(29(37)35(3)4)41-30(38)27(34)16-21-9-8-12-24(15-21)43(39,40)36-18-31(19-36,22-10-6-5-7-11-22)42-23-13-14-26(33)25(32)17-23/h5-15,17,20,27-28H,16,18-19,34H2,1-4H3/t27-,28?/m0/s1. The van der Waals surface area contributed by atoms with E-state index in [9.17, 15) is 22.4 Å². The maximum atomic E-state index is 13.7. The fraction of sp³-hybridized carbons (Fsp3) is 0.355. The Kier molecular flexibility index (Phi) is 9.80. The third-order valence-corrected chi connectivity index (χ3v) is 9.27. The highest BCUT2D eigenvalue weighted by Gasteiger charge is 2.52. The van der Waals surface area contributed by atoms with Gasteiger partial charge in [-0.3, -0.25) is 9.59 Å². The molecule has 1 heterocycles. The Labute approximate surface area is 256 Å². The molecule has 0 saturated carbocycles. The van der Waals surface area contributed by atoms with Gasteiger partial charge in [-0.2, -0.15) is 4.31 Å². The number of benzene rings is 3. The average molecular weight is 632 g/mol. The first-order valence-electron chi connectivity index (χ1n) is 13.7. The molecule has 1 fully saturated rings. The highest BCUT2D eigenvalue weighted by atomic mass is 35.5. The topological polar surface area (TPSA) is 119 Å². The van der Waals surface area contributed by atoms with Crippen LogP contribution in [-0.2, 0) is 36.4 Å². The Hall–Kier alpha value is -3.51. The van der Waals surface area contributed by atoms with Crippen molar-refractivity contribution in [1.82, 2.24) is 9.21 Å². The number of carbonyl (C=O) groups is 2. The van der Waals surface area contributed by atoms with Crippen LogP contribution in [-0.4, -0.2) is 68.8 Å². The Bertz CT molecular complexity index is 1580. The van der Waals surface area contributed by atoms with Crippen LogP contribution in [0.2, 0.25) is 5.02 Å². The summed E-state index contributed by atoms with van der Waals surface area (Å²) in [7, 11) is -0.811. The first-order chi connectivity index (χ1) is 20.2. The molecular formula is C31H35ClFN3O6S. The van der Waals surface area contributed by atoms with E-state index in [0.717, 1.165) is 5.56 Å². The van der Waals surface area contributed by atoms with Gasteiger partial charge >= 0.3 is 5.97 Å². The number of carbonyl (C=O) groups excluding carboxylic acids is 2. The quantitative estimate of drug-likeness (QED) is 0.318. The van der Waals surface area contributed by atoms with Gasteiger partial charge in [-0.15, -0.1) is 0 Å². The molecule has 1 aliphatic heterocycles. The lowest BCUT2D eigenvalue weighted by atomic mass is 9.87. The van der Waals surface area contributed by atoms with Gasteiger partial charge in [0, 0.05) is 20.2 Å². The van der Waals surface area contributed by atoms with Gasteiger partial charge in [-0.05, 0) is 47.7 Å². The van der Waals surface area contributed by atoms with Gasteiger partial charge in [0.05, 0.1) is 23.0 Å². The number of halogens is 2. The minimum Gasteiger partial charge on any atom is -0.480 e. The van der Waals surface area contributed by atoms with Gasteiger partial charge in [0.2, 0.25) is 10.0 Å². The van der Waals surface area contributed by atoms with E-state index in [1.54, 1.807) is 40.1 Å². The number of ether oxygens (including phenoxy) is 2. The molecule has 12 heteroatoms. The molecule has 2 N–H and O–H groups in total. The van der Waals surface area contributed by atoms with Crippen molar-refractivity contribution in [2.24, 2.45) is 11.7 Å². The maximum absolute atomic E-state index is 13.7. The zero-order valence-electron chi connectivity index (χ0n) is 24.4. The maximum Gasteiger partial charge on any atom is 0.324 e. The molecule has 3 aromatic carbocycles. The lowest BCUT2D eigenvalue weighted by Crippen LogP contribution is -2.64. The van der Waals surface area contributed by atoms with E-state index in [2.05, 4.69) is 0 Å². The zero-order valence-corrected chi connectivity index (χ0v) is 25.9. The third kappa shape index (κ3) is 7.18. The summed E-state index contributed by atoms with van der Waals surface area (Å²) >= 11 is 5.95. The number of nitrogens with two attached hydrogens (primary N) is 1. The zero-order chi connectivity index (χ0) is 31.5. The molecule has 1 saturated heterocycles. The van der Waals surface area contributed by atoms with Crippen molar-refractivity contribution in [1.29, 1.82) is 0 Å². The smallest absolute Gasteiger partial charge is 0.324 e. The predicted molar refractivity (Wildman–Crippen MR) is 160 cm³/mol. The van der Waals surface area contributed by atoms with Crippen molar-refractivity contribution in [2.45, 2.75) is 42.9 Å². The number of nitrogens with zero attached hydrogens (tertiary/aromatic N) is 2. The van der Waals surface area contributed by atoms with Gasteiger partial charge in [-0.25, -0.2) is 12.8 Å². The molecule has 0 aromatic heterocycles. The van der Waals surface area contributed by atoms with Crippen LogP contribution < -0.4 is 10.5 Å². The first-order valence-corrected chi connectivity index (χ1v) is 15.5. The molecule has 0 bridgehead atoms. The number of esters is 1. The lowest BCUT2D eigenvalue weighted by molar-refractivity contribution is -0.163. The fourth-order valence-electron chi connectivity index (χ4n) is 4.77. The highest BCUT2D eigenvalue weighted by molar-refractivity contribution is 7.89. The minimum atomic E-state index is -3.96. The number of likely N-dealkylation sites (N-methyl/N-ethyl adjacent to an activating group) is 1. The van der Waals surface area contributed by atoms with Crippen LogP contribution in [0.15, 0.2) is 77.7 Å². The van der Waals surface area contributed by atoms with Crippen molar-refractivity contribution in [3.63, 3.8) is 0 Å². The Morgan fingerprint density at radius 2 is 1.72 bits per heavy atom. The molecule has 1 aliphatic rings. The van der Waals surface area contributed by atoms with E-state index in [0.29, 0.717) is 11.3 Å². The van der Waals surface area contributed by atoms with Crippen LogP contribution in [0.3, 0.4) is 0 Å².